The Hall–Kier alpha value is -2.56. The van der Waals surface area contributed by atoms with Gasteiger partial charge in [0.05, 0.1) is 5.69 Å². The third-order valence-electron chi connectivity index (χ3n) is 3.75. The highest BCUT2D eigenvalue weighted by Crippen LogP contribution is 2.20. The fourth-order valence-corrected chi connectivity index (χ4v) is 2.62. The Kier molecular flexibility index (Phi) is 5.53. The van der Waals surface area contributed by atoms with Gasteiger partial charge in [0.2, 0.25) is 0 Å². The van der Waals surface area contributed by atoms with Gasteiger partial charge >= 0.3 is 0 Å². The maximum absolute atomic E-state index is 12.4. The van der Waals surface area contributed by atoms with Crippen molar-refractivity contribution in [2.75, 3.05) is 0 Å². The van der Waals surface area contributed by atoms with E-state index in [-0.39, 0.29) is 5.78 Å². The molecule has 0 aliphatic heterocycles. The summed E-state index contributed by atoms with van der Waals surface area (Å²) in [5.74, 6) is -0.324. The lowest BCUT2D eigenvalue weighted by molar-refractivity contribution is 0.0747. The molecule has 0 aromatic heterocycles. The van der Waals surface area contributed by atoms with Crippen LogP contribution in [0, 0.1) is 0 Å². The quantitative estimate of drug-likeness (QED) is 0.483. The second-order valence-corrected chi connectivity index (χ2v) is 6.45. The van der Waals surface area contributed by atoms with Crippen LogP contribution >= 0.6 is 15.9 Å². The number of carbonyl (C=O) groups excluding carboxylic acids is 1. The molecule has 3 aromatic carbocycles. The van der Waals surface area contributed by atoms with E-state index in [0.29, 0.717) is 11.1 Å². The standard InChI is InChI=1S/C21H16BrNO2/c22-18-10-6-15(7-11-18)14-23-19-12-8-17(9-13-19)21(25)20(24)16-4-2-1-3-5-16/h1-14,20,24H. The van der Waals surface area contributed by atoms with E-state index in [1.807, 2.05) is 30.3 Å². The van der Waals surface area contributed by atoms with E-state index >= 15 is 0 Å². The predicted octanol–water partition coefficient (Wildman–Crippen LogP) is 5.12. The second kappa shape index (κ2) is 8.01. The molecule has 0 saturated carbocycles. The molecular weight excluding hydrogens is 378 g/mol. The number of aliphatic imine (C=N–C) groups is 1. The van der Waals surface area contributed by atoms with Crippen LogP contribution in [0.5, 0.6) is 0 Å². The van der Waals surface area contributed by atoms with Crippen molar-refractivity contribution in [1.29, 1.82) is 0 Å². The molecule has 0 fully saturated rings. The number of benzene rings is 3. The normalized spacial score (nSPS) is 12.2. The minimum atomic E-state index is -1.15. The van der Waals surface area contributed by atoms with Crippen molar-refractivity contribution in [2.45, 2.75) is 6.10 Å². The highest BCUT2D eigenvalue weighted by molar-refractivity contribution is 9.10. The number of aliphatic hydroxyl groups excluding tert-OH is 1. The van der Waals surface area contributed by atoms with E-state index in [1.54, 1.807) is 54.7 Å². The van der Waals surface area contributed by atoms with Gasteiger partial charge in [-0.05, 0) is 47.5 Å². The Morgan fingerprint density at radius 2 is 1.56 bits per heavy atom. The molecule has 0 spiro atoms. The van der Waals surface area contributed by atoms with Crippen molar-refractivity contribution < 1.29 is 9.90 Å². The summed E-state index contributed by atoms with van der Waals surface area (Å²) in [7, 11) is 0. The number of aliphatic hydroxyl groups is 1. The van der Waals surface area contributed by atoms with Crippen molar-refractivity contribution in [2.24, 2.45) is 4.99 Å². The summed E-state index contributed by atoms with van der Waals surface area (Å²) >= 11 is 3.39. The van der Waals surface area contributed by atoms with Crippen LogP contribution in [-0.4, -0.2) is 17.1 Å². The number of hydrogen-bond acceptors (Lipinski definition) is 3. The van der Waals surface area contributed by atoms with Gasteiger partial charge in [-0.2, -0.15) is 0 Å². The first kappa shape index (κ1) is 17.3. The van der Waals surface area contributed by atoms with Crippen molar-refractivity contribution in [3.05, 3.63) is 100 Å². The maximum Gasteiger partial charge on any atom is 0.195 e. The molecule has 1 unspecified atom stereocenters. The SMILES string of the molecule is O=C(c1ccc(N=Cc2ccc(Br)cc2)cc1)C(O)c1ccccc1. The Morgan fingerprint density at radius 1 is 0.920 bits per heavy atom. The minimum Gasteiger partial charge on any atom is -0.380 e. The fourth-order valence-electron chi connectivity index (χ4n) is 2.35. The number of nitrogens with zero attached hydrogens (tertiary/aromatic N) is 1. The summed E-state index contributed by atoms with van der Waals surface area (Å²) in [5, 5.41) is 10.2. The number of hydrogen-bond donors (Lipinski definition) is 1. The van der Waals surface area contributed by atoms with Crippen LogP contribution in [0.3, 0.4) is 0 Å². The monoisotopic (exact) mass is 393 g/mol. The lowest BCUT2D eigenvalue weighted by Crippen LogP contribution is -2.11. The van der Waals surface area contributed by atoms with Crippen molar-refractivity contribution in [1.82, 2.24) is 0 Å². The zero-order valence-corrected chi connectivity index (χ0v) is 14.9. The number of carbonyl (C=O) groups is 1. The van der Waals surface area contributed by atoms with Gasteiger partial charge in [0.25, 0.3) is 0 Å². The van der Waals surface area contributed by atoms with Crippen LogP contribution in [0.1, 0.15) is 27.6 Å². The largest absolute Gasteiger partial charge is 0.380 e. The Bertz CT molecular complexity index is 872. The average Bonchev–Trinajstić information content (AvgIpc) is 2.67. The smallest absolute Gasteiger partial charge is 0.195 e. The van der Waals surface area contributed by atoms with Gasteiger partial charge in [0, 0.05) is 16.3 Å². The highest BCUT2D eigenvalue weighted by Gasteiger charge is 2.18. The van der Waals surface area contributed by atoms with Gasteiger partial charge in [-0.25, -0.2) is 0 Å². The van der Waals surface area contributed by atoms with Gasteiger partial charge in [0.15, 0.2) is 5.78 Å². The molecule has 25 heavy (non-hydrogen) atoms. The van der Waals surface area contributed by atoms with E-state index in [4.69, 9.17) is 0 Å². The molecule has 124 valence electrons. The van der Waals surface area contributed by atoms with E-state index in [9.17, 15) is 9.90 Å². The van der Waals surface area contributed by atoms with Crippen molar-refractivity contribution >= 4 is 33.6 Å². The second-order valence-electron chi connectivity index (χ2n) is 5.53. The molecular formula is C21H16BrNO2. The Balaban J connectivity index is 1.71. The van der Waals surface area contributed by atoms with Gasteiger partial charge in [-0.3, -0.25) is 9.79 Å². The van der Waals surface area contributed by atoms with Gasteiger partial charge in [0.1, 0.15) is 6.10 Å². The first-order valence-corrected chi connectivity index (χ1v) is 8.60. The van der Waals surface area contributed by atoms with Gasteiger partial charge in [-0.1, -0.05) is 58.4 Å². The molecule has 3 rings (SSSR count). The first-order chi connectivity index (χ1) is 12.1. The molecule has 0 amide bonds. The summed E-state index contributed by atoms with van der Waals surface area (Å²) < 4.78 is 1.02. The topological polar surface area (TPSA) is 49.7 Å². The molecule has 0 heterocycles. The van der Waals surface area contributed by atoms with Crippen molar-refractivity contribution in [3.8, 4) is 0 Å². The van der Waals surface area contributed by atoms with Crippen molar-refractivity contribution in [3.63, 3.8) is 0 Å². The Morgan fingerprint density at radius 3 is 2.20 bits per heavy atom. The van der Waals surface area contributed by atoms with Crippen LogP contribution in [0.2, 0.25) is 0 Å². The summed E-state index contributed by atoms with van der Waals surface area (Å²) in [5.41, 5.74) is 2.78. The average molecular weight is 394 g/mol. The minimum absolute atomic E-state index is 0.324. The fraction of sp³-hybridized carbons (Fsp3) is 0.0476. The molecule has 0 aliphatic carbocycles. The highest BCUT2D eigenvalue weighted by atomic mass is 79.9. The summed E-state index contributed by atoms with van der Waals surface area (Å²) in [6.45, 7) is 0. The van der Waals surface area contributed by atoms with Crippen LogP contribution in [0.25, 0.3) is 0 Å². The van der Waals surface area contributed by atoms with E-state index in [2.05, 4.69) is 20.9 Å². The predicted molar refractivity (Wildman–Crippen MR) is 104 cm³/mol. The lowest BCUT2D eigenvalue weighted by Gasteiger charge is -2.10. The third-order valence-corrected chi connectivity index (χ3v) is 4.28. The zero-order valence-electron chi connectivity index (χ0n) is 13.3. The molecule has 1 atom stereocenters. The van der Waals surface area contributed by atoms with Gasteiger partial charge in [-0.15, -0.1) is 0 Å². The van der Waals surface area contributed by atoms with Crippen LogP contribution in [0.15, 0.2) is 88.3 Å². The van der Waals surface area contributed by atoms with E-state index in [0.717, 1.165) is 15.7 Å². The third kappa shape index (κ3) is 4.50. The molecule has 4 heteroatoms. The van der Waals surface area contributed by atoms with Gasteiger partial charge < -0.3 is 5.11 Å². The summed E-state index contributed by atoms with van der Waals surface area (Å²) in [4.78, 5) is 16.8. The lowest BCUT2D eigenvalue weighted by atomic mass is 10.00. The number of Topliss-reactive ketones (excluding diaryl/α,β-unsaturated/α-hetero) is 1. The molecule has 0 saturated heterocycles. The number of halogens is 1. The van der Waals surface area contributed by atoms with Crippen LogP contribution in [-0.2, 0) is 0 Å². The molecule has 1 N–H and O–H groups in total. The molecule has 0 aliphatic rings. The van der Waals surface area contributed by atoms with Crippen LogP contribution < -0.4 is 0 Å². The summed E-state index contributed by atoms with van der Waals surface area (Å²) in [6, 6.07) is 23.6. The Labute approximate surface area is 154 Å². The molecule has 3 aromatic rings. The van der Waals surface area contributed by atoms with E-state index in [1.165, 1.54) is 0 Å². The molecule has 0 radical (unpaired) electrons. The van der Waals surface area contributed by atoms with Crippen LogP contribution in [0.4, 0.5) is 5.69 Å². The number of ketones is 1. The zero-order chi connectivity index (χ0) is 17.6. The summed E-state index contributed by atoms with van der Waals surface area (Å²) in [6.07, 6.45) is 0.612. The molecule has 3 nitrogen and oxygen atoms in total. The first-order valence-electron chi connectivity index (χ1n) is 7.80. The van der Waals surface area contributed by atoms with E-state index < -0.39 is 6.10 Å². The molecule has 0 bridgehead atoms. The maximum atomic E-state index is 12.4. The number of rotatable bonds is 5.